The van der Waals surface area contributed by atoms with Gasteiger partial charge in [-0.3, -0.25) is 9.80 Å². The summed E-state index contributed by atoms with van der Waals surface area (Å²) in [6.45, 7) is 12.6. The number of likely N-dealkylation sites (tertiary alicyclic amines) is 2. The van der Waals surface area contributed by atoms with Crippen LogP contribution in [0.3, 0.4) is 0 Å². The van der Waals surface area contributed by atoms with E-state index in [1.165, 1.54) is 0 Å². The molecule has 2 aromatic heterocycles. The molecule has 2 amide bonds. The number of amides is 2. The average molecular weight is 625 g/mol. The van der Waals surface area contributed by atoms with Crippen molar-refractivity contribution in [2.24, 2.45) is 0 Å². The number of carbonyl (C=O) groups is 2. The number of aromatic amines is 2. The average Bonchev–Trinajstić information content (AvgIpc) is 3.79. The van der Waals surface area contributed by atoms with Gasteiger partial charge in [-0.1, -0.05) is 42.5 Å². The van der Waals surface area contributed by atoms with Crippen LogP contribution in [-0.2, 0) is 9.47 Å². The summed E-state index contributed by atoms with van der Waals surface area (Å²) >= 11 is 0. The number of rotatable bonds is 5. The summed E-state index contributed by atoms with van der Waals surface area (Å²) in [5.41, 5.74) is 4.79. The molecule has 2 atom stereocenters. The van der Waals surface area contributed by atoms with Gasteiger partial charge in [-0.2, -0.15) is 0 Å². The zero-order valence-electron chi connectivity index (χ0n) is 27.6. The van der Waals surface area contributed by atoms with Crippen molar-refractivity contribution in [2.75, 3.05) is 13.1 Å². The molecule has 10 heteroatoms. The summed E-state index contributed by atoms with van der Waals surface area (Å²) < 4.78 is 11.3. The summed E-state index contributed by atoms with van der Waals surface area (Å²) in [5, 5.41) is 0. The molecule has 2 fully saturated rings. The van der Waals surface area contributed by atoms with Gasteiger partial charge < -0.3 is 19.4 Å². The van der Waals surface area contributed by atoms with E-state index in [0.29, 0.717) is 13.1 Å². The lowest BCUT2D eigenvalue weighted by atomic mass is 10.1. The lowest BCUT2D eigenvalue weighted by molar-refractivity contribution is 0.0208. The number of hydrogen-bond acceptors (Lipinski definition) is 6. The minimum atomic E-state index is -0.537. The largest absolute Gasteiger partial charge is 0.444 e. The smallest absolute Gasteiger partial charge is 0.410 e. The second-order valence-electron chi connectivity index (χ2n) is 14.2. The molecule has 0 radical (unpaired) electrons. The van der Waals surface area contributed by atoms with Crippen molar-refractivity contribution in [3.8, 4) is 11.3 Å². The van der Waals surface area contributed by atoms with E-state index in [4.69, 9.17) is 14.5 Å². The van der Waals surface area contributed by atoms with Gasteiger partial charge in [0.2, 0.25) is 0 Å². The molecule has 2 aromatic carbocycles. The molecule has 242 valence electrons. The number of fused-ring (bicyclic) bond motifs is 1. The van der Waals surface area contributed by atoms with Crippen molar-refractivity contribution in [1.82, 2.24) is 29.7 Å². The third kappa shape index (κ3) is 7.11. The summed E-state index contributed by atoms with van der Waals surface area (Å²) in [6.07, 6.45) is 8.95. The molecule has 0 aliphatic carbocycles. The number of nitrogens with one attached hydrogen (secondary N) is 2. The first kappa shape index (κ1) is 31.4. The SMILES string of the molecule is CC(C)(C)OC(=O)N1CCC[C@H]1c1ncc(-c2ccc(C=Cc3ccc4nc([C@@H]5CCCN5C(=O)OC(C)(C)C)[nH]c4c3)cc2)[nH]1. The molecule has 4 aromatic rings. The first-order valence-corrected chi connectivity index (χ1v) is 16.2. The first-order chi connectivity index (χ1) is 21.8. The fraction of sp³-hybridized carbons (Fsp3) is 0.444. The first-order valence-electron chi connectivity index (χ1n) is 16.2. The van der Waals surface area contributed by atoms with Crippen molar-refractivity contribution >= 4 is 35.4 Å². The maximum atomic E-state index is 12.8. The highest BCUT2D eigenvalue weighted by atomic mass is 16.6. The third-order valence-electron chi connectivity index (χ3n) is 8.20. The van der Waals surface area contributed by atoms with Gasteiger partial charge in [-0.25, -0.2) is 19.6 Å². The Morgan fingerprint density at radius 2 is 1.35 bits per heavy atom. The minimum absolute atomic E-state index is 0.115. The zero-order chi connectivity index (χ0) is 32.6. The Morgan fingerprint density at radius 1 is 0.783 bits per heavy atom. The van der Waals surface area contributed by atoms with Crippen molar-refractivity contribution in [3.63, 3.8) is 0 Å². The summed E-state index contributed by atoms with van der Waals surface area (Å²) in [7, 11) is 0. The molecule has 0 spiro atoms. The fourth-order valence-corrected chi connectivity index (χ4v) is 6.11. The number of nitrogens with zero attached hydrogens (tertiary/aromatic N) is 4. The molecule has 2 aliphatic rings. The topological polar surface area (TPSA) is 116 Å². The Bertz CT molecular complexity index is 1740. The molecule has 10 nitrogen and oxygen atoms in total. The molecule has 2 saturated heterocycles. The lowest BCUT2D eigenvalue weighted by Gasteiger charge is -2.27. The van der Waals surface area contributed by atoms with Crippen LogP contribution in [0.4, 0.5) is 9.59 Å². The summed E-state index contributed by atoms with van der Waals surface area (Å²) in [4.78, 5) is 45.4. The number of hydrogen-bond donors (Lipinski definition) is 2. The van der Waals surface area contributed by atoms with Crippen LogP contribution < -0.4 is 0 Å². The minimum Gasteiger partial charge on any atom is -0.444 e. The highest BCUT2D eigenvalue weighted by Gasteiger charge is 2.36. The Kier molecular flexibility index (Phi) is 8.39. The highest BCUT2D eigenvalue weighted by Crippen LogP contribution is 2.34. The van der Waals surface area contributed by atoms with E-state index in [1.807, 2.05) is 59.9 Å². The molecular weight excluding hydrogens is 580 g/mol. The van der Waals surface area contributed by atoms with E-state index in [1.54, 1.807) is 9.80 Å². The molecule has 0 bridgehead atoms. The van der Waals surface area contributed by atoms with E-state index < -0.39 is 11.2 Å². The molecule has 6 rings (SSSR count). The van der Waals surface area contributed by atoms with Gasteiger partial charge >= 0.3 is 12.2 Å². The fourth-order valence-electron chi connectivity index (χ4n) is 6.11. The van der Waals surface area contributed by atoms with E-state index in [0.717, 1.165) is 70.7 Å². The Labute approximate surface area is 270 Å². The van der Waals surface area contributed by atoms with Crippen LogP contribution in [0.2, 0.25) is 0 Å². The summed E-state index contributed by atoms with van der Waals surface area (Å²) in [6, 6.07) is 14.2. The molecule has 2 aliphatic heterocycles. The van der Waals surface area contributed by atoms with Crippen LogP contribution in [0, 0.1) is 0 Å². The van der Waals surface area contributed by atoms with Gasteiger partial charge in [0.05, 0.1) is 35.0 Å². The maximum Gasteiger partial charge on any atom is 0.410 e. The summed E-state index contributed by atoms with van der Waals surface area (Å²) in [5.74, 6) is 1.58. The molecule has 4 heterocycles. The standard InChI is InChI=1S/C36H44N6O4/c1-35(2,3)45-33(43)41-19-7-9-29(41)31-37-22-28(40-31)25-16-13-23(14-17-25)11-12-24-15-18-26-27(21-24)39-32(38-26)30-10-8-20-42(30)34(44)46-36(4,5)6/h11-18,21-22,29-30H,7-10,19-20H2,1-6H3,(H,37,40)(H,38,39)/t29-,30-/m0/s1. The van der Waals surface area contributed by atoms with Crippen molar-refractivity contribution in [1.29, 1.82) is 0 Å². The van der Waals surface area contributed by atoms with E-state index in [2.05, 4.69) is 57.4 Å². The Morgan fingerprint density at radius 3 is 1.96 bits per heavy atom. The molecule has 0 saturated carbocycles. The van der Waals surface area contributed by atoms with E-state index >= 15 is 0 Å². The Hall–Kier alpha value is -4.60. The zero-order valence-corrected chi connectivity index (χ0v) is 27.6. The van der Waals surface area contributed by atoms with Gasteiger partial charge in [0, 0.05) is 13.1 Å². The lowest BCUT2D eigenvalue weighted by Crippen LogP contribution is -2.36. The van der Waals surface area contributed by atoms with Crippen LogP contribution in [0.25, 0.3) is 34.4 Å². The van der Waals surface area contributed by atoms with Crippen molar-refractivity contribution in [2.45, 2.75) is 90.5 Å². The predicted octanol–water partition coefficient (Wildman–Crippen LogP) is 8.27. The van der Waals surface area contributed by atoms with Crippen LogP contribution in [-0.4, -0.2) is 66.2 Å². The van der Waals surface area contributed by atoms with Gasteiger partial charge in [0.25, 0.3) is 0 Å². The number of imidazole rings is 2. The highest BCUT2D eigenvalue weighted by molar-refractivity contribution is 5.81. The van der Waals surface area contributed by atoms with Crippen LogP contribution >= 0.6 is 0 Å². The maximum absolute atomic E-state index is 12.8. The van der Waals surface area contributed by atoms with Gasteiger partial charge in [0.15, 0.2) is 0 Å². The van der Waals surface area contributed by atoms with E-state index in [-0.39, 0.29) is 24.3 Å². The predicted molar refractivity (Wildman–Crippen MR) is 179 cm³/mol. The molecule has 0 unspecified atom stereocenters. The van der Waals surface area contributed by atoms with Gasteiger partial charge in [-0.15, -0.1) is 0 Å². The molecule has 46 heavy (non-hydrogen) atoms. The normalized spacial score (nSPS) is 19.0. The number of benzene rings is 2. The third-order valence-corrected chi connectivity index (χ3v) is 8.20. The van der Waals surface area contributed by atoms with E-state index in [9.17, 15) is 9.59 Å². The van der Waals surface area contributed by atoms with Gasteiger partial charge in [0.1, 0.15) is 22.9 Å². The molecule has 2 N–H and O–H groups in total. The second kappa shape index (κ2) is 12.3. The second-order valence-corrected chi connectivity index (χ2v) is 14.2. The van der Waals surface area contributed by atoms with Crippen molar-refractivity contribution < 1.29 is 19.1 Å². The van der Waals surface area contributed by atoms with Gasteiger partial charge in [-0.05, 0) is 96.0 Å². The molecular formula is C36H44N6O4. The quantitative estimate of drug-likeness (QED) is 0.216. The number of aromatic nitrogens is 4. The Balaban J connectivity index is 1.11. The van der Waals surface area contributed by atoms with Crippen LogP contribution in [0.1, 0.15) is 102 Å². The van der Waals surface area contributed by atoms with Crippen LogP contribution in [0.5, 0.6) is 0 Å². The van der Waals surface area contributed by atoms with Crippen molar-refractivity contribution in [3.05, 3.63) is 71.4 Å². The number of H-pyrrole nitrogens is 2. The number of carbonyl (C=O) groups excluding carboxylic acids is 2. The monoisotopic (exact) mass is 624 g/mol. The number of ether oxygens (including phenoxy) is 2. The van der Waals surface area contributed by atoms with Crippen LogP contribution in [0.15, 0.2) is 48.7 Å².